The van der Waals surface area contributed by atoms with Crippen molar-refractivity contribution in [3.63, 3.8) is 0 Å². The van der Waals surface area contributed by atoms with Crippen molar-refractivity contribution in [2.45, 2.75) is 26.5 Å². The molecule has 0 fully saturated rings. The molecule has 0 aliphatic carbocycles. The summed E-state index contributed by atoms with van der Waals surface area (Å²) in [5, 5.41) is 0. The summed E-state index contributed by atoms with van der Waals surface area (Å²) in [6.07, 6.45) is 0. The van der Waals surface area contributed by atoms with Gasteiger partial charge in [-0.2, -0.15) is 11.8 Å². The molecule has 0 unspecified atom stereocenters. The molecule has 3 N–H and O–H groups in total. The van der Waals surface area contributed by atoms with Gasteiger partial charge in [0.25, 0.3) is 5.91 Å². The summed E-state index contributed by atoms with van der Waals surface area (Å²) >= 11 is 3.41. The fourth-order valence-corrected chi connectivity index (χ4v) is 3.40. The van der Waals surface area contributed by atoms with Gasteiger partial charge in [0, 0.05) is 10.6 Å². The lowest BCUT2D eigenvalue weighted by atomic mass is 10.3. The zero-order valence-electron chi connectivity index (χ0n) is 9.87. The number of aryl methyl sites for hydroxylation is 1. The molecule has 0 bridgehead atoms. The van der Waals surface area contributed by atoms with Crippen LogP contribution in [-0.4, -0.2) is 11.7 Å². The van der Waals surface area contributed by atoms with E-state index in [2.05, 4.69) is 19.3 Å². The summed E-state index contributed by atoms with van der Waals surface area (Å²) in [6, 6.07) is 1.94. The first-order valence-electron chi connectivity index (χ1n) is 5.22. The van der Waals surface area contributed by atoms with Crippen molar-refractivity contribution in [2.24, 2.45) is 11.8 Å². The summed E-state index contributed by atoms with van der Waals surface area (Å²) in [7, 11) is 0. The van der Waals surface area contributed by atoms with E-state index in [0.717, 1.165) is 11.5 Å². The van der Waals surface area contributed by atoms with E-state index >= 15 is 0 Å². The lowest BCUT2D eigenvalue weighted by Gasteiger charge is -2.03. The normalized spacial score (nSPS) is 10.8. The molecule has 1 aromatic heterocycles. The summed E-state index contributed by atoms with van der Waals surface area (Å²) in [5.41, 5.74) is 3.41. The summed E-state index contributed by atoms with van der Waals surface area (Å²) in [5.74, 6) is 7.73. The maximum Gasteiger partial charge on any atom is 0.275 e. The Labute approximate surface area is 105 Å². The van der Waals surface area contributed by atoms with Crippen molar-refractivity contribution in [2.75, 3.05) is 5.75 Å². The molecule has 0 spiro atoms. The van der Waals surface area contributed by atoms with E-state index in [0.29, 0.717) is 10.8 Å². The highest BCUT2D eigenvalue weighted by molar-refractivity contribution is 7.98. The van der Waals surface area contributed by atoms with E-state index in [1.807, 2.05) is 24.8 Å². The van der Waals surface area contributed by atoms with Crippen molar-refractivity contribution in [3.05, 3.63) is 21.4 Å². The number of thioether (sulfide) groups is 1. The molecule has 1 heterocycles. The topological polar surface area (TPSA) is 55.1 Å². The number of hydrogen-bond donors (Lipinski definition) is 2. The van der Waals surface area contributed by atoms with Crippen LogP contribution in [0.2, 0.25) is 0 Å². The molecule has 0 radical (unpaired) electrons. The predicted octanol–water partition coefficient (Wildman–Crippen LogP) is 2.55. The number of nitrogen functional groups attached to an aromatic ring is 1. The second kappa shape index (κ2) is 6.27. The van der Waals surface area contributed by atoms with E-state index in [9.17, 15) is 4.79 Å². The summed E-state index contributed by atoms with van der Waals surface area (Å²) in [4.78, 5) is 13.2. The average Bonchev–Trinajstić information content (AvgIpc) is 2.59. The Bertz CT molecular complexity index is 361. The number of nitrogens with one attached hydrogen (secondary N) is 1. The van der Waals surface area contributed by atoms with Crippen molar-refractivity contribution in [1.29, 1.82) is 0 Å². The summed E-state index contributed by atoms with van der Waals surface area (Å²) < 4.78 is 0. The van der Waals surface area contributed by atoms with Crippen LogP contribution >= 0.6 is 23.1 Å². The molecule has 0 saturated heterocycles. The molecule has 5 heteroatoms. The smallest absolute Gasteiger partial charge is 0.275 e. The third-order valence-corrected chi connectivity index (χ3v) is 4.59. The Morgan fingerprint density at radius 1 is 1.62 bits per heavy atom. The average molecular weight is 258 g/mol. The first-order chi connectivity index (χ1) is 7.54. The van der Waals surface area contributed by atoms with Crippen LogP contribution in [0, 0.1) is 12.8 Å². The van der Waals surface area contributed by atoms with Crippen LogP contribution in [-0.2, 0) is 5.75 Å². The van der Waals surface area contributed by atoms with Gasteiger partial charge in [0.05, 0.1) is 4.88 Å². The summed E-state index contributed by atoms with van der Waals surface area (Å²) in [6.45, 7) is 6.46. The molecule has 3 nitrogen and oxygen atoms in total. The first kappa shape index (κ1) is 13.5. The fourth-order valence-electron chi connectivity index (χ4n) is 1.25. The van der Waals surface area contributed by atoms with E-state index in [4.69, 9.17) is 5.84 Å². The molecule has 90 valence electrons. The first-order valence-corrected chi connectivity index (χ1v) is 7.19. The van der Waals surface area contributed by atoms with Gasteiger partial charge in [-0.15, -0.1) is 11.3 Å². The van der Waals surface area contributed by atoms with Gasteiger partial charge in [0.2, 0.25) is 0 Å². The zero-order chi connectivity index (χ0) is 12.1. The Balaban J connectivity index is 2.60. The van der Waals surface area contributed by atoms with Gasteiger partial charge in [-0.3, -0.25) is 10.2 Å². The molecule has 1 rings (SSSR count). The lowest BCUT2D eigenvalue weighted by molar-refractivity contribution is 0.0957. The second-order valence-corrected chi connectivity index (χ2v) is 6.36. The fraction of sp³-hybridized carbons (Fsp3) is 0.545. The molecular weight excluding hydrogens is 240 g/mol. The highest BCUT2D eigenvalue weighted by Gasteiger charge is 2.11. The number of rotatable bonds is 5. The van der Waals surface area contributed by atoms with Gasteiger partial charge in [0.15, 0.2) is 0 Å². The molecule has 0 aliphatic rings. The van der Waals surface area contributed by atoms with Gasteiger partial charge < -0.3 is 0 Å². The maximum atomic E-state index is 11.3. The van der Waals surface area contributed by atoms with Crippen LogP contribution in [0.5, 0.6) is 0 Å². The van der Waals surface area contributed by atoms with Crippen LogP contribution in [0.15, 0.2) is 6.07 Å². The highest BCUT2D eigenvalue weighted by Crippen LogP contribution is 2.25. The third kappa shape index (κ3) is 3.81. The molecule has 0 aliphatic heterocycles. The molecule has 1 aromatic rings. The number of hydrogen-bond acceptors (Lipinski definition) is 4. The van der Waals surface area contributed by atoms with E-state index in [1.54, 1.807) is 0 Å². The van der Waals surface area contributed by atoms with E-state index in [1.165, 1.54) is 21.8 Å². The molecule has 1 amide bonds. The SMILES string of the molecule is Cc1sc(C(=O)NN)cc1CSCC(C)C. The van der Waals surface area contributed by atoms with Crippen molar-refractivity contribution >= 4 is 29.0 Å². The standard InChI is InChI=1S/C11H18N2OS2/c1-7(2)5-15-6-9-4-10(11(14)13-12)16-8(9)3/h4,7H,5-6,12H2,1-3H3,(H,13,14). The third-order valence-electron chi connectivity index (χ3n) is 2.08. The van der Waals surface area contributed by atoms with Crippen LogP contribution in [0.25, 0.3) is 0 Å². The van der Waals surface area contributed by atoms with Gasteiger partial charge in [0.1, 0.15) is 0 Å². The van der Waals surface area contributed by atoms with Crippen LogP contribution in [0.4, 0.5) is 0 Å². The Hall–Kier alpha value is -0.520. The van der Waals surface area contributed by atoms with E-state index < -0.39 is 0 Å². The van der Waals surface area contributed by atoms with Gasteiger partial charge in [-0.25, -0.2) is 5.84 Å². The van der Waals surface area contributed by atoms with Crippen molar-refractivity contribution in [3.8, 4) is 0 Å². The molecule has 0 saturated carbocycles. The maximum absolute atomic E-state index is 11.3. The predicted molar refractivity (Wildman–Crippen MR) is 71.7 cm³/mol. The number of thiophene rings is 1. The van der Waals surface area contributed by atoms with Crippen LogP contribution in [0.1, 0.15) is 34.0 Å². The largest absolute Gasteiger partial charge is 0.289 e. The number of hydrazine groups is 1. The van der Waals surface area contributed by atoms with Crippen molar-refractivity contribution < 1.29 is 4.79 Å². The number of carbonyl (C=O) groups is 1. The number of nitrogens with two attached hydrogens (primary N) is 1. The molecule has 0 atom stereocenters. The van der Waals surface area contributed by atoms with Crippen LogP contribution in [0.3, 0.4) is 0 Å². The minimum Gasteiger partial charge on any atom is -0.289 e. The highest BCUT2D eigenvalue weighted by atomic mass is 32.2. The number of carbonyl (C=O) groups excluding carboxylic acids is 1. The van der Waals surface area contributed by atoms with Gasteiger partial charge in [-0.05, 0) is 30.2 Å². The monoisotopic (exact) mass is 258 g/mol. The Morgan fingerprint density at radius 2 is 2.31 bits per heavy atom. The van der Waals surface area contributed by atoms with Gasteiger partial charge in [-0.1, -0.05) is 13.8 Å². The van der Waals surface area contributed by atoms with Crippen molar-refractivity contribution in [1.82, 2.24) is 5.43 Å². The quantitative estimate of drug-likeness (QED) is 0.485. The van der Waals surface area contributed by atoms with Crippen LogP contribution < -0.4 is 11.3 Å². The lowest BCUT2D eigenvalue weighted by Crippen LogP contribution is -2.29. The Morgan fingerprint density at radius 3 is 2.88 bits per heavy atom. The van der Waals surface area contributed by atoms with E-state index in [-0.39, 0.29) is 5.91 Å². The molecule has 0 aromatic carbocycles. The molecular formula is C11H18N2OS2. The molecule has 16 heavy (non-hydrogen) atoms. The second-order valence-electron chi connectivity index (χ2n) is 4.07. The van der Waals surface area contributed by atoms with Gasteiger partial charge >= 0.3 is 0 Å². The number of amides is 1. The minimum absolute atomic E-state index is 0.201. The Kier molecular flexibility index (Phi) is 5.31. The minimum atomic E-state index is -0.201. The zero-order valence-corrected chi connectivity index (χ0v) is 11.5.